The van der Waals surface area contributed by atoms with Crippen molar-refractivity contribution in [1.82, 2.24) is 0 Å². The van der Waals surface area contributed by atoms with Gasteiger partial charge in [-0.25, -0.2) is 0 Å². The minimum absolute atomic E-state index is 0.0348. The molecule has 2 aromatic rings. The molecule has 0 radical (unpaired) electrons. The van der Waals surface area contributed by atoms with Crippen LogP contribution in [0.5, 0.6) is 0 Å². The summed E-state index contributed by atoms with van der Waals surface area (Å²) in [4.78, 5) is 0. The molecule has 4 rings (SSSR count). The van der Waals surface area contributed by atoms with E-state index in [9.17, 15) is 0 Å². The van der Waals surface area contributed by atoms with E-state index in [4.69, 9.17) is 14.3 Å². The minimum Gasteiger partial charge on any atom is -0.415 e. The summed E-state index contributed by atoms with van der Waals surface area (Å²) in [7, 11) is -4.44. The molecule has 3 nitrogen and oxygen atoms in total. The largest absolute Gasteiger partial charge is 0.415 e. The number of hydrogen-bond acceptors (Lipinski definition) is 3. The third-order valence-electron chi connectivity index (χ3n) is 10.4. The Bertz CT molecular complexity index is 1120. The van der Waals surface area contributed by atoms with Gasteiger partial charge in [-0.3, -0.25) is 0 Å². The molecule has 0 amide bonds. The first-order chi connectivity index (χ1) is 18.7. The fourth-order valence-corrected chi connectivity index (χ4v) is 14.0. The number of nitrogens with one attached hydrogen (secondary N) is 1. The molecule has 2 saturated carbocycles. The Labute approximate surface area is 246 Å². The Morgan fingerprint density at radius 3 is 1.98 bits per heavy atom. The van der Waals surface area contributed by atoms with E-state index in [0.717, 1.165) is 25.7 Å². The lowest BCUT2D eigenvalue weighted by Gasteiger charge is -2.61. The van der Waals surface area contributed by atoms with Crippen LogP contribution in [0.15, 0.2) is 73.3 Å². The maximum atomic E-state index is 8.96. The maximum absolute atomic E-state index is 8.96. The summed E-state index contributed by atoms with van der Waals surface area (Å²) in [5.41, 5.74) is -0.243. The molecule has 40 heavy (non-hydrogen) atoms. The van der Waals surface area contributed by atoms with E-state index >= 15 is 0 Å². The molecule has 1 unspecified atom stereocenters. The molecule has 5 heteroatoms. The minimum atomic E-state index is -2.69. The van der Waals surface area contributed by atoms with Crippen LogP contribution in [-0.4, -0.2) is 35.6 Å². The summed E-state index contributed by atoms with van der Waals surface area (Å²) >= 11 is 0. The highest BCUT2D eigenvalue weighted by molar-refractivity contribution is 6.99. The van der Waals surface area contributed by atoms with Gasteiger partial charge in [0.25, 0.3) is 8.32 Å². The van der Waals surface area contributed by atoms with Crippen molar-refractivity contribution in [3.8, 4) is 0 Å². The van der Waals surface area contributed by atoms with E-state index in [2.05, 4.69) is 128 Å². The Kier molecular flexibility index (Phi) is 8.93. The first-order valence-corrected chi connectivity index (χ1v) is 20.6. The smallest absolute Gasteiger partial charge is 0.261 e. The second-order valence-corrected chi connectivity index (χ2v) is 23.6. The molecule has 6 atom stereocenters. The van der Waals surface area contributed by atoms with E-state index in [0.29, 0.717) is 18.4 Å². The molecule has 2 aliphatic carbocycles. The number of hydrogen-bond donors (Lipinski definition) is 1. The fraction of sp³-hybridized carbons (Fsp3) is 0.571. The Balaban J connectivity index is 1.82. The van der Waals surface area contributed by atoms with E-state index < -0.39 is 16.6 Å². The van der Waals surface area contributed by atoms with Crippen LogP contribution in [-0.2, 0) is 8.85 Å². The third-order valence-corrected chi connectivity index (χ3v) is 16.5. The predicted octanol–water partition coefficient (Wildman–Crippen LogP) is 8.07. The molecule has 0 heterocycles. The highest BCUT2D eigenvalue weighted by Gasteiger charge is 2.60. The molecular formula is C35H53NO2Si2. The van der Waals surface area contributed by atoms with Crippen molar-refractivity contribution < 1.29 is 8.85 Å². The monoisotopic (exact) mass is 575 g/mol. The summed E-state index contributed by atoms with van der Waals surface area (Å²) in [5.74, 6) is 1.08. The first-order valence-electron chi connectivity index (χ1n) is 15.3. The molecule has 2 aromatic carbocycles. The molecule has 0 spiro atoms. The van der Waals surface area contributed by atoms with Crippen LogP contribution in [0.2, 0.25) is 24.7 Å². The van der Waals surface area contributed by atoms with Crippen LogP contribution in [0, 0.1) is 34.0 Å². The quantitative estimate of drug-likeness (QED) is 0.187. The zero-order valence-electron chi connectivity index (χ0n) is 26.3. The standard InChI is InChI=1S/C35H53NO2Si2/c1-10-34(6)27(2)21-22-35(26-36)28(23-29(24-32(34)35)38-39(7,8)9)25-37-40(33(3,4)5,30-17-13-11-14-18-30)31-19-15-12-16-20-31/h10-20,26-29,32,36H,1,21-25H2,2-9H3/t27-,28-,29?,32-,34+,35-/m1/s1. The Morgan fingerprint density at radius 1 is 0.975 bits per heavy atom. The molecule has 0 bridgehead atoms. The lowest BCUT2D eigenvalue weighted by Crippen LogP contribution is -2.67. The highest BCUT2D eigenvalue weighted by Crippen LogP contribution is 2.62. The average molecular weight is 576 g/mol. The zero-order chi connectivity index (χ0) is 29.4. The summed E-state index contributed by atoms with van der Waals surface area (Å²) in [6, 6.07) is 21.9. The van der Waals surface area contributed by atoms with E-state index in [-0.39, 0.29) is 27.9 Å². The lowest BCUT2D eigenvalue weighted by molar-refractivity contribution is -0.0962. The SMILES string of the molecule is C=C[C@@]1(C)[C@H](C)CC[C@@]2(C=N)[C@@H](CO[Si](c3ccccc3)(c3ccccc3)C(C)(C)C)CC(O[Si](C)(C)C)C[C@H]12. The zero-order valence-corrected chi connectivity index (χ0v) is 28.3. The normalized spacial score (nSPS) is 31.3. The lowest BCUT2D eigenvalue weighted by atomic mass is 9.45. The van der Waals surface area contributed by atoms with Gasteiger partial charge in [0, 0.05) is 24.3 Å². The van der Waals surface area contributed by atoms with Gasteiger partial charge in [-0.05, 0) is 83.9 Å². The van der Waals surface area contributed by atoms with Crippen LogP contribution in [0.1, 0.15) is 60.3 Å². The van der Waals surface area contributed by atoms with Gasteiger partial charge in [0.1, 0.15) is 0 Å². The van der Waals surface area contributed by atoms with Crippen LogP contribution in [0.4, 0.5) is 0 Å². The molecular weight excluding hydrogens is 523 g/mol. The van der Waals surface area contributed by atoms with Gasteiger partial charge < -0.3 is 14.3 Å². The van der Waals surface area contributed by atoms with Crippen LogP contribution < -0.4 is 10.4 Å². The molecule has 2 fully saturated rings. The Hall–Kier alpha value is -1.80. The third kappa shape index (κ3) is 5.51. The molecule has 0 aromatic heterocycles. The van der Waals surface area contributed by atoms with Crippen molar-refractivity contribution in [1.29, 1.82) is 5.41 Å². The van der Waals surface area contributed by atoms with Gasteiger partial charge in [-0.1, -0.05) is 101 Å². The van der Waals surface area contributed by atoms with Crippen molar-refractivity contribution in [2.45, 2.75) is 91.1 Å². The van der Waals surface area contributed by atoms with E-state index in [1.165, 1.54) is 10.4 Å². The van der Waals surface area contributed by atoms with Gasteiger partial charge in [0.2, 0.25) is 0 Å². The van der Waals surface area contributed by atoms with Crippen LogP contribution >= 0.6 is 0 Å². The van der Waals surface area contributed by atoms with Crippen LogP contribution in [0.25, 0.3) is 0 Å². The summed E-state index contributed by atoms with van der Waals surface area (Å²) in [6.45, 7) is 23.7. The molecule has 1 N–H and O–H groups in total. The second-order valence-electron chi connectivity index (χ2n) is 14.8. The van der Waals surface area contributed by atoms with Crippen molar-refractivity contribution >= 4 is 33.2 Å². The molecule has 0 saturated heterocycles. The van der Waals surface area contributed by atoms with Gasteiger partial charge in [-0.15, -0.1) is 6.58 Å². The number of allylic oxidation sites excluding steroid dienone is 1. The second kappa shape index (κ2) is 11.5. The van der Waals surface area contributed by atoms with Crippen molar-refractivity contribution in [2.24, 2.45) is 28.6 Å². The van der Waals surface area contributed by atoms with Crippen molar-refractivity contribution in [2.75, 3.05) is 6.61 Å². The average Bonchev–Trinajstić information content (AvgIpc) is 2.91. The number of fused-ring (bicyclic) bond motifs is 1. The van der Waals surface area contributed by atoms with Crippen molar-refractivity contribution in [3.05, 3.63) is 73.3 Å². The van der Waals surface area contributed by atoms with E-state index in [1.54, 1.807) is 0 Å². The molecule has 2 aliphatic rings. The predicted molar refractivity (Wildman–Crippen MR) is 176 cm³/mol. The maximum Gasteiger partial charge on any atom is 0.261 e. The summed E-state index contributed by atoms with van der Waals surface area (Å²) < 4.78 is 14.4. The summed E-state index contributed by atoms with van der Waals surface area (Å²) in [6.07, 6.45) is 8.34. The highest BCUT2D eigenvalue weighted by atomic mass is 28.4. The van der Waals surface area contributed by atoms with Crippen LogP contribution in [0.3, 0.4) is 0 Å². The van der Waals surface area contributed by atoms with Gasteiger partial charge in [0.15, 0.2) is 8.32 Å². The summed E-state index contributed by atoms with van der Waals surface area (Å²) in [5, 5.41) is 11.5. The number of benzene rings is 2. The number of rotatable bonds is 9. The molecule has 0 aliphatic heterocycles. The fourth-order valence-electron chi connectivity index (χ4n) is 8.17. The van der Waals surface area contributed by atoms with Gasteiger partial charge in [0.05, 0.1) is 0 Å². The van der Waals surface area contributed by atoms with E-state index in [1.807, 2.05) is 6.21 Å². The van der Waals surface area contributed by atoms with Gasteiger partial charge in [-0.2, -0.15) is 0 Å². The van der Waals surface area contributed by atoms with Crippen molar-refractivity contribution in [3.63, 3.8) is 0 Å². The topological polar surface area (TPSA) is 42.3 Å². The van der Waals surface area contributed by atoms with Gasteiger partial charge >= 0.3 is 0 Å². The Morgan fingerprint density at radius 2 is 1.52 bits per heavy atom. The molecule has 218 valence electrons. The first kappa shape index (κ1) is 31.1.